The molecule has 2 atom stereocenters. The lowest BCUT2D eigenvalue weighted by Crippen LogP contribution is -2.09. The second kappa shape index (κ2) is 8.27. The molecule has 0 aromatic heterocycles. The van der Waals surface area contributed by atoms with Crippen LogP contribution in [0.25, 0.3) is 0 Å². The first-order valence-electron chi connectivity index (χ1n) is 6.76. The van der Waals surface area contributed by atoms with Crippen molar-refractivity contribution in [3.05, 3.63) is 28.2 Å². The molecule has 2 N–H and O–H groups in total. The van der Waals surface area contributed by atoms with E-state index < -0.39 is 12.1 Å². The Morgan fingerprint density at radius 1 is 1.45 bits per heavy atom. The predicted molar refractivity (Wildman–Crippen MR) is 80.9 cm³/mol. The SMILES string of the molecule is CCCOc1ccc(C(O)CC(C)CC(=O)O)cc1Br. The van der Waals surface area contributed by atoms with Crippen LogP contribution in [0.2, 0.25) is 0 Å². The molecule has 0 radical (unpaired) electrons. The van der Waals surface area contributed by atoms with Gasteiger partial charge in [0.25, 0.3) is 0 Å². The molecule has 1 rings (SSSR count). The second-order valence-corrected chi connectivity index (χ2v) is 5.85. The van der Waals surface area contributed by atoms with Gasteiger partial charge in [0, 0.05) is 6.42 Å². The summed E-state index contributed by atoms with van der Waals surface area (Å²) in [5.41, 5.74) is 0.762. The van der Waals surface area contributed by atoms with E-state index in [9.17, 15) is 9.90 Å². The summed E-state index contributed by atoms with van der Waals surface area (Å²) in [6.07, 6.45) is 0.758. The van der Waals surface area contributed by atoms with Crippen LogP contribution in [0.4, 0.5) is 0 Å². The van der Waals surface area contributed by atoms with Gasteiger partial charge in [0.15, 0.2) is 0 Å². The van der Waals surface area contributed by atoms with Gasteiger partial charge in [0.05, 0.1) is 17.2 Å². The van der Waals surface area contributed by atoms with E-state index in [1.807, 2.05) is 32.0 Å². The van der Waals surface area contributed by atoms with Crippen molar-refractivity contribution in [3.63, 3.8) is 0 Å². The number of aliphatic hydroxyl groups excluding tert-OH is 1. The summed E-state index contributed by atoms with van der Waals surface area (Å²) >= 11 is 3.42. The third-order valence-electron chi connectivity index (χ3n) is 2.95. The van der Waals surface area contributed by atoms with Gasteiger partial charge in [-0.15, -0.1) is 0 Å². The summed E-state index contributed by atoms with van der Waals surface area (Å²) in [5.74, 6) is -0.159. The van der Waals surface area contributed by atoms with Gasteiger partial charge in [0.1, 0.15) is 5.75 Å². The Balaban J connectivity index is 2.66. The molecule has 1 aromatic carbocycles. The van der Waals surface area contributed by atoms with E-state index in [4.69, 9.17) is 9.84 Å². The van der Waals surface area contributed by atoms with Crippen LogP contribution in [0, 0.1) is 5.92 Å². The van der Waals surface area contributed by atoms with Crippen LogP contribution in [-0.2, 0) is 4.79 Å². The highest BCUT2D eigenvalue weighted by Gasteiger charge is 2.16. The number of rotatable bonds is 8. The molecule has 2 unspecified atom stereocenters. The van der Waals surface area contributed by atoms with E-state index in [1.54, 1.807) is 0 Å². The van der Waals surface area contributed by atoms with Crippen LogP contribution < -0.4 is 4.74 Å². The molecule has 1 aromatic rings. The minimum Gasteiger partial charge on any atom is -0.492 e. The normalized spacial score (nSPS) is 13.8. The Bertz CT molecular complexity index is 447. The summed E-state index contributed by atoms with van der Waals surface area (Å²) in [6.45, 7) is 4.51. The number of carboxylic acid groups (broad SMARTS) is 1. The van der Waals surface area contributed by atoms with Crippen molar-refractivity contribution in [1.82, 2.24) is 0 Å². The van der Waals surface area contributed by atoms with Gasteiger partial charge in [-0.05, 0) is 52.4 Å². The number of halogens is 1. The van der Waals surface area contributed by atoms with E-state index >= 15 is 0 Å². The lowest BCUT2D eigenvalue weighted by molar-refractivity contribution is -0.138. The summed E-state index contributed by atoms with van der Waals surface area (Å²) in [5, 5.41) is 18.9. The van der Waals surface area contributed by atoms with Gasteiger partial charge in [0.2, 0.25) is 0 Å². The first-order valence-corrected chi connectivity index (χ1v) is 7.55. The van der Waals surface area contributed by atoms with E-state index in [-0.39, 0.29) is 12.3 Å². The summed E-state index contributed by atoms with van der Waals surface area (Å²) < 4.78 is 6.35. The lowest BCUT2D eigenvalue weighted by atomic mass is 9.96. The minimum absolute atomic E-state index is 0.0654. The Morgan fingerprint density at radius 3 is 2.70 bits per heavy atom. The van der Waals surface area contributed by atoms with Crippen LogP contribution in [0.5, 0.6) is 5.75 Å². The molecular weight excluding hydrogens is 324 g/mol. The van der Waals surface area contributed by atoms with Crippen molar-refractivity contribution in [2.45, 2.75) is 39.2 Å². The van der Waals surface area contributed by atoms with Gasteiger partial charge in [-0.1, -0.05) is 19.9 Å². The average Bonchev–Trinajstić information content (AvgIpc) is 2.36. The van der Waals surface area contributed by atoms with Crippen LogP contribution in [-0.4, -0.2) is 22.8 Å². The number of hydrogen-bond donors (Lipinski definition) is 2. The molecular formula is C15H21BrO4. The molecule has 0 amide bonds. The molecule has 4 nitrogen and oxygen atoms in total. The van der Waals surface area contributed by atoms with E-state index in [0.29, 0.717) is 13.0 Å². The standard InChI is InChI=1S/C15H21BrO4/c1-3-6-20-14-5-4-11(9-12(14)16)13(17)7-10(2)8-15(18)19/h4-5,9-10,13,17H,3,6-8H2,1-2H3,(H,18,19). The molecule has 0 aliphatic carbocycles. The largest absolute Gasteiger partial charge is 0.492 e. The fourth-order valence-electron chi connectivity index (χ4n) is 1.95. The highest BCUT2D eigenvalue weighted by molar-refractivity contribution is 9.10. The van der Waals surface area contributed by atoms with Gasteiger partial charge >= 0.3 is 5.97 Å². The Morgan fingerprint density at radius 2 is 2.15 bits per heavy atom. The zero-order valence-electron chi connectivity index (χ0n) is 11.8. The molecule has 0 bridgehead atoms. The van der Waals surface area contributed by atoms with Crippen LogP contribution in [0.3, 0.4) is 0 Å². The van der Waals surface area contributed by atoms with Gasteiger partial charge < -0.3 is 14.9 Å². The minimum atomic E-state index is -0.839. The van der Waals surface area contributed by atoms with Crippen molar-refractivity contribution in [1.29, 1.82) is 0 Å². The molecule has 0 aliphatic heterocycles. The van der Waals surface area contributed by atoms with Gasteiger partial charge in [-0.2, -0.15) is 0 Å². The summed E-state index contributed by atoms with van der Waals surface area (Å²) in [6, 6.07) is 5.46. The zero-order valence-corrected chi connectivity index (χ0v) is 13.4. The molecule has 0 heterocycles. The lowest BCUT2D eigenvalue weighted by Gasteiger charge is -2.16. The number of carboxylic acids is 1. The number of aliphatic hydroxyl groups is 1. The number of ether oxygens (including phenoxy) is 1. The van der Waals surface area contributed by atoms with Gasteiger partial charge in [-0.25, -0.2) is 0 Å². The smallest absolute Gasteiger partial charge is 0.303 e. The van der Waals surface area contributed by atoms with Crippen LogP contribution >= 0.6 is 15.9 Å². The van der Waals surface area contributed by atoms with Crippen molar-refractivity contribution in [2.75, 3.05) is 6.61 Å². The molecule has 0 saturated carbocycles. The monoisotopic (exact) mass is 344 g/mol. The molecule has 20 heavy (non-hydrogen) atoms. The zero-order chi connectivity index (χ0) is 15.1. The highest BCUT2D eigenvalue weighted by atomic mass is 79.9. The van der Waals surface area contributed by atoms with E-state index in [0.717, 1.165) is 22.2 Å². The van der Waals surface area contributed by atoms with Crippen LogP contribution in [0.1, 0.15) is 44.8 Å². The predicted octanol–water partition coefficient (Wildman–Crippen LogP) is 3.77. The van der Waals surface area contributed by atoms with E-state index in [2.05, 4.69) is 15.9 Å². The Kier molecular flexibility index (Phi) is 7.02. The topological polar surface area (TPSA) is 66.8 Å². The van der Waals surface area contributed by atoms with Crippen molar-refractivity contribution in [2.24, 2.45) is 5.92 Å². The molecule has 112 valence electrons. The average molecular weight is 345 g/mol. The fraction of sp³-hybridized carbons (Fsp3) is 0.533. The maximum Gasteiger partial charge on any atom is 0.303 e. The highest BCUT2D eigenvalue weighted by Crippen LogP contribution is 2.31. The van der Waals surface area contributed by atoms with Crippen molar-refractivity contribution >= 4 is 21.9 Å². The Hall–Kier alpha value is -1.07. The maximum absolute atomic E-state index is 10.6. The summed E-state index contributed by atoms with van der Waals surface area (Å²) in [7, 11) is 0. The van der Waals surface area contributed by atoms with E-state index in [1.165, 1.54) is 0 Å². The molecule has 0 aliphatic rings. The van der Waals surface area contributed by atoms with Crippen LogP contribution in [0.15, 0.2) is 22.7 Å². The quantitative estimate of drug-likeness (QED) is 0.753. The molecule has 0 fully saturated rings. The van der Waals surface area contributed by atoms with Crippen molar-refractivity contribution in [3.8, 4) is 5.75 Å². The molecule has 0 saturated heterocycles. The molecule has 0 spiro atoms. The summed E-state index contributed by atoms with van der Waals surface area (Å²) in [4.78, 5) is 10.6. The van der Waals surface area contributed by atoms with Crippen molar-refractivity contribution < 1.29 is 19.7 Å². The maximum atomic E-state index is 10.6. The number of benzene rings is 1. The first kappa shape index (κ1) is 17.0. The first-order chi connectivity index (χ1) is 9.43. The fourth-order valence-corrected chi connectivity index (χ4v) is 2.46. The number of aliphatic carboxylic acids is 1. The Labute approximate surface area is 127 Å². The second-order valence-electron chi connectivity index (χ2n) is 4.99. The van der Waals surface area contributed by atoms with Gasteiger partial charge in [-0.3, -0.25) is 4.79 Å². The number of carbonyl (C=O) groups is 1. The number of hydrogen-bond acceptors (Lipinski definition) is 3. The third kappa shape index (κ3) is 5.51. The molecule has 5 heteroatoms. The third-order valence-corrected chi connectivity index (χ3v) is 3.57.